The molecule has 1 heterocycles. The van der Waals surface area contributed by atoms with Gasteiger partial charge in [-0.1, -0.05) is 48.5 Å². The van der Waals surface area contributed by atoms with Crippen LogP contribution in [0.15, 0.2) is 69.9 Å². The Morgan fingerprint density at radius 1 is 0.957 bits per heavy atom. The Balaban J connectivity index is 1.90. The smallest absolute Gasteiger partial charge is 0.347 e. The summed E-state index contributed by atoms with van der Waals surface area (Å²) in [6.45, 7) is 0. The van der Waals surface area contributed by atoms with E-state index in [0.717, 1.165) is 11.8 Å². The molecule has 0 bridgehead atoms. The zero-order valence-corrected chi connectivity index (χ0v) is 12.1. The zero-order valence-electron chi connectivity index (χ0n) is 12.1. The van der Waals surface area contributed by atoms with Crippen LogP contribution < -0.4 is 5.63 Å². The van der Waals surface area contributed by atoms with E-state index in [0.29, 0.717) is 16.5 Å². The molecule has 0 aliphatic heterocycles. The zero-order chi connectivity index (χ0) is 16.2. The Kier molecular flexibility index (Phi) is 3.97. The lowest BCUT2D eigenvalue weighted by Crippen LogP contribution is -2.11. The van der Waals surface area contributed by atoms with E-state index in [4.69, 9.17) is 4.42 Å². The second kappa shape index (κ2) is 6.23. The quantitative estimate of drug-likeness (QED) is 0.320. The standard InChI is InChI=1S/C19H12O4/c20-12-14-7-5-13(6-8-14)9-10-17(21)16-11-15-3-1-2-4-18(15)23-19(16)22/h1-12H/b10-9+. The molecule has 3 aromatic rings. The van der Waals surface area contributed by atoms with E-state index in [1.54, 1.807) is 54.6 Å². The Bertz CT molecular complexity index is 963. The first kappa shape index (κ1) is 14.7. The number of carbonyl (C=O) groups excluding carboxylic acids is 2. The van der Waals surface area contributed by atoms with Crippen molar-refractivity contribution in [2.45, 2.75) is 0 Å². The van der Waals surface area contributed by atoms with Gasteiger partial charge in [0.05, 0.1) is 0 Å². The lowest BCUT2D eigenvalue weighted by atomic mass is 10.1. The normalized spacial score (nSPS) is 11.0. The summed E-state index contributed by atoms with van der Waals surface area (Å²) in [5.74, 6) is -0.427. The average Bonchev–Trinajstić information content (AvgIpc) is 2.59. The van der Waals surface area contributed by atoms with Crippen LogP contribution in [-0.2, 0) is 0 Å². The van der Waals surface area contributed by atoms with E-state index in [1.807, 2.05) is 0 Å². The van der Waals surface area contributed by atoms with Crippen LogP contribution in [0.3, 0.4) is 0 Å². The van der Waals surface area contributed by atoms with Gasteiger partial charge in [0.15, 0.2) is 5.78 Å². The third-order valence-electron chi connectivity index (χ3n) is 3.41. The van der Waals surface area contributed by atoms with Crippen molar-refractivity contribution in [3.05, 3.63) is 87.8 Å². The molecule has 0 fully saturated rings. The summed E-state index contributed by atoms with van der Waals surface area (Å²) in [4.78, 5) is 34.7. The van der Waals surface area contributed by atoms with Crippen molar-refractivity contribution in [3.63, 3.8) is 0 Å². The first-order valence-electron chi connectivity index (χ1n) is 6.98. The van der Waals surface area contributed by atoms with Gasteiger partial charge in [-0.15, -0.1) is 0 Å². The number of hydrogen-bond donors (Lipinski definition) is 0. The van der Waals surface area contributed by atoms with Crippen LogP contribution in [0, 0.1) is 0 Å². The van der Waals surface area contributed by atoms with Crippen molar-refractivity contribution in [1.29, 1.82) is 0 Å². The molecule has 3 rings (SSSR count). The minimum atomic E-state index is -0.658. The average molecular weight is 304 g/mol. The molecule has 0 unspecified atom stereocenters. The molecule has 0 N–H and O–H groups in total. The van der Waals surface area contributed by atoms with Crippen molar-refractivity contribution < 1.29 is 14.0 Å². The monoisotopic (exact) mass is 304 g/mol. The lowest BCUT2D eigenvalue weighted by molar-refractivity contribution is 0.104. The van der Waals surface area contributed by atoms with Gasteiger partial charge < -0.3 is 4.42 Å². The molecule has 0 aliphatic carbocycles. The van der Waals surface area contributed by atoms with E-state index >= 15 is 0 Å². The molecule has 0 spiro atoms. The second-order valence-corrected chi connectivity index (χ2v) is 4.97. The van der Waals surface area contributed by atoms with Crippen molar-refractivity contribution >= 4 is 29.1 Å². The highest BCUT2D eigenvalue weighted by Gasteiger charge is 2.10. The molecule has 0 saturated carbocycles. The Labute approximate surface area is 131 Å². The molecule has 0 aliphatic rings. The van der Waals surface area contributed by atoms with Gasteiger partial charge >= 0.3 is 5.63 Å². The highest BCUT2D eigenvalue weighted by atomic mass is 16.4. The summed E-state index contributed by atoms with van der Waals surface area (Å²) < 4.78 is 5.15. The van der Waals surface area contributed by atoms with Gasteiger partial charge in [0.25, 0.3) is 0 Å². The Hall–Kier alpha value is -3.27. The highest BCUT2D eigenvalue weighted by Crippen LogP contribution is 2.13. The Morgan fingerprint density at radius 2 is 1.65 bits per heavy atom. The summed E-state index contributed by atoms with van der Waals surface area (Å²) in [5, 5.41) is 0.694. The summed E-state index contributed by atoms with van der Waals surface area (Å²) >= 11 is 0. The first-order valence-corrected chi connectivity index (χ1v) is 6.98. The van der Waals surface area contributed by atoms with Crippen LogP contribution in [0.1, 0.15) is 26.3 Å². The number of allylic oxidation sites excluding steroid dienone is 1. The molecule has 0 amide bonds. The second-order valence-electron chi connectivity index (χ2n) is 4.97. The van der Waals surface area contributed by atoms with E-state index < -0.39 is 11.4 Å². The SMILES string of the molecule is O=Cc1ccc(/C=C/C(=O)c2cc3ccccc3oc2=O)cc1. The Morgan fingerprint density at radius 3 is 2.39 bits per heavy atom. The first-order chi connectivity index (χ1) is 11.2. The summed E-state index contributed by atoms with van der Waals surface area (Å²) in [6, 6.07) is 15.3. The summed E-state index contributed by atoms with van der Waals surface area (Å²) in [7, 11) is 0. The number of rotatable bonds is 4. The third kappa shape index (κ3) is 3.16. The molecule has 4 nitrogen and oxygen atoms in total. The number of aldehydes is 1. The molecular weight excluding hydrogens is 292 g/mol. The van der Waals surface area contributed by atoms with Gasteiger partial charge in [-0.05, 0) is 23.8 Å². The van der Waals surface area contributed by atoms with Gasteiger partial charge in [0, 0.05) is 10.9 Å². The minimum Gasteiger partial charge on any atom is -0.422 e. The number of fused-ring (bicyclic) bond motifs is 1. The topological polar surface area (TPSA) is 64.3 Å². The van der Waals surface area contributed by atoms with Crippen LogP contribution >= 0.6 is 0 Å². The maximum absolute atomic E-state index is 12.2. The third-order valence-corrected chi connectivity index (χ3v) is 3.41. The van der Waals surface area contributed by atoms with E-state index in [2.05, 4.69) is 0 Å². The molecule has 1 aromatic heterocycles. The van der Waals surface area contributed by atoms with Gasteiger partial charge in [-0.2, -0.15) is 0 Å². The summed E-state index contributed by atoms with van der Waals surface area (Å²) in [5.41, 5.74) is 1.10. The number of carbonyl (C=O) groups is 2. The minimum absolute atomic E-state index is 0.00976. The van der Waals surface area contributed by atoms with Crippen LogP contribution in [0.25, 0.3) is 17.0 Å². The largest absolute Gasteiger partial charge is 0.422 e. The predicted octanol–water partition coefficient (Wildman–Crippen LogP) is 3.50. The lowest BCUT2D eigenvalue weighted by Gasteiger charge is -1.99. The fraction of sp³-hybridized carbons (Fsp3) is 0. The van der Waals surface area contributed by atoms with Crippen LogP contribution in [0.2, 0.25) is 0 Å². The highest BCUT2D eigenvalue weighted by molar-refractivity contribution is 6.07. The van der Waals surface area contributed by atoms with E-state index in [9.17, 15) is 14.4 Å². The van der Waals surface area contributed by atoms with Crippen LogP contribution in [0.4, 0.5) is 0 Å². The molecule has 4 heteroatoms. The molecule has 23 heavy (non-hydrogen) atoms. The van der Waals surface area contributed by atoms with E-state index in [-0.39, 0.29) is 5.56 Å². The van der Waals surface area contributed by atoms with Gasteiger partial charge in [-0.25, -0.2) is 4.79 Å². The van der Waals surface area contributed by atoms with Gasteiger partial charge in [0.2, 0.25) is 0 Å². The molecule has 2 aromatic carbocycles. The van der Waals surface area contributed by atoms with Crippen molar-refractivity contribution in [2.24, 2.45) is 0 Å². The fourth-order valence-electron chi connectivity index (χ4n) is 2.18. The molecule has 112 valence electrons. The van der Waals surface area contributed by atoms with Gasteiger partial charge in [0.1, 0.15) is 17.4 Å². The number of hydrogen-bond acceptors (Lipinski definition) is 4. The number of benzene rings is 2. The van der Waals surface area contributed by atoms with Crippen molar-refractivity contribution in [1.82, 2.24) is 0 Å². The van der Waals surface area contributed by atoms with Crippen LogP contribution in [-0.4, -0.2) is 12.1 Å². The van der Waals surface area contributed by atoms with Crippen molar-refractivity contribution in [2.75, 3.05) is 0 Å². The molecule has 0 atom stereocenters. The van der Waals surface area contributed by atoms with E-state index in [1.165, 1.54) is 12.1 Å². The maximum Gasteiger partial charge on any atom is 0.347 e. The molecule has 0 saturated heterocycles. The molecular formula is C19H12O4. The van der Waals surface area contributed by atoms with Gasteiger partial charge in [-0.3, -0.25) is 9.59 Å². The fourth-order valence-corrected chi connectivity index (χ4v) is 2.18. The maximum atomic E-state index is 12.2. The van der Waals surface area contributed by atoms with Crippen molar-refractivity contribution in [3.8, 4) is 0 Å². The van der Waals surface area contributed by atoms with Crippen LogP contribution in [0.5, 0.6) is 0 Å². The number of ketones is 1. The summed E-state index contributed by atoms with van der Waals surface area (Å²) in [6.07, 6.45) is 3.65. The predicted molar refractivity (Wildman–Crippen MR) is 87.7 cm³/mol. The number of para-hydroxylation sites is 1. The molecule has 0 radical (unpaired) electrons.